The maximum atomic E-state index is 12.7. The molecule has 1 aliphatic heterocycles. The molecule has 5 heteroatoms. The number of nitrogens with zero attached hydrogens (tertiary/aromatic N) is 1. The standard InChI is InChI=1S/C22H23N3O2/c1-22(2)10-11-25(3)19-12-14(8-9-17(19)22)24-21(27)16-13-23-18-7-5-4-6-15(18)20(16)26/h4-9,12-13H,10-11H2,1-3H3,(H,23,26)(H,24,27). The number of rotatable bonds is 2. The number of hydrogen-bond acceptors (Lipinski definition) is 3. The number of benzene rings is 2. The number of amides is 1. The molecule has 2 aromatic carbocycles. The highest BCUT2D eigenvalue weighted by Gasteiger charge is 2.30. The molecule has 1 aromatic heterocycles. The van der Waals surface area contributed by atoms with Crippen LogP contribution in [0, 0.1) is 0 Å². The maximum Gasteiger partial charge on any atom is 0.261 e. The molecule has 0 fully saturated rings. The Kier molecular flexibility index (Phi) is 4.02. The molecule has 138 valence electrons. The van der Waals surface area contributed by atoms with Crippen LogP contribution in [0.4, 0.5) is 11.4 Å². The molecule has 3 aromatic rings. The predicted octanol–water partition coefficient (Wildman–Crippen LogP) is 3.90. The van der Waals surface area contributed by atoms with Gasteiger partial charge in [-0.05, 0) is 41.7 Å². The minimum atomic E-state index is -0.403. The summed E-state index contributed by atoms with van der Waals surface area (Å²) in [5, 5.41) is 3.39. The summed E-state index contributed by atoms with van der Waals surface area (Å²) in [6, 6.07) is 13.2. The number of fused-ring (bicyclic) bond motifs is 2. The fourth-order valence-corrected chi connectivity index (χ4v) is 3.73. The number of para-hydroxylation sites is 1. The highest BCUT2D eigenvalue weighted by atomic mass is 16.2. The third-order valence-corrected chi connectivity index (χ3v) is 5.50. The van der Waals surface area contributed by atoms with E-state index in [1.165, 1.54) is 11.8 Å². The van der Waals surface area contributed by atoms with Crippen molar-refractivity contribution in [3.8, 4) is 0 Å². The quantitative estimate of drug-likeness (QED) is 0.728. The van der Waals surface area contributed by atoms with E-state index < -0.39 is 5.91 Å². The van der Waals surface area contributed by atoms with Gasteiger partial charge in [-0.1, -0.05) is 32.0 Å². The molecule has 4 rings (SSSR count). The SMILES string of the molecule is CN1CCC(C)(C)c2ccc(NC(=O)c3c[nH]c4ccccc4c3=O)cc21. The molecule has 0 unspecified atom stereocenters. The normalized spacial score (nSPS) is 15.4. The van der Waals surface area contributed by atoms with Crippen molar-refractivity contribution in [1.29, 1.82) is 0 Å². The molecule has 0 saturated heterocycles. The Bertz CT molecular complexity index is 1100. The van der Waals surface area contributed by atoms with Crippen molar-refractivity contribution in [3.63, 3.8) is 0 Å². The van der Waals surface area contributed by atoms with Gasteiger partial charge in [-0.25, -0.2) is 0 Å². The first kappa shape index (κ1) is 17.3. The first-order chi connectivity index (χ1) is 12.9. The lowest BCUT2D eigenvalue weighted by Gasteiger charge is -2.38. The average molecular weight is 361 g/mol. The molecule has 0 radical (unpaired) electrons. The van der Waals surface area contributed by atoms with Crippen molar-refractivity contribution in [2.45, 2.75) is 25.7 Å². The molecule has 2 heterocycles. The summed E-state index contributed by atoms with van der Waals surface area (Å²) < 4.78 is 0. The summed E-state index contributed by atoms with van der Waals surface area (Å²) in [5.41, 5.74) is 3.76. The number of carbonyl (C=O) groups excluding carboxylic acids is 1. The number of nitrogens with one attached hydrogen (secondary N) is 2. The largest absolute Gasteiger partial charge is 0.374 e. The van der Waals surface area contributed by atoms with E-state index in [9.17, 15) is 9.59 Å². The lowest BCUT2D eigenvalue weighted by Crippen LogP contribution is -2.34. The predicted molar refractivity (Wildman–Crippen MR) is 110 cm³/mol. The Labute approximate surface area is 158 Å². The Balaban J connectivity index is 1.67. The summed E-state index contributed by atoms with van der Waals surface area (Å²) in [6.45, 7) is 5.46. The molecule has 0 spiro atoms. The number of H-pyrrole nitrogens is 1. The van der Waals surface area contributed by atoms with Gasteiger partial charge in [0.2, 0.25) is 5.43 Å². The highest BCUT2D eigenvalue weighted by Crippen LogP contribution is 2.40. The van der Waals surface area contributed by atoms with E-state index in [4.69, 9.17) is 0 Å². The van der Waals surface area contributed by atoms with Crippen LogP contribution in [0.15, 0.2) is 53.5 Å². The Morgan fingerprint density at radius 3 is 2.78 bits per heavy atom. The summed E-state index contributed by atoms with van der Waals surface area (Å²) in [6.07, 6.45) is 2.57. The van der Waals surface area contributed by atoms with Crippen LogP contribution in [0.2, 0.25) is 0 Å². The van der Waals surface area contributed by atoms with Crippen LogP contribution in [-0.2, 0) is 5.41 Å². The lowest BCUT2D eigenvalue weighted by atomic mass is 9.78. The molecule has 0 aliphatic carbocycles. The summed E-state index contributed by atoms with van der Waals surface area (Å²) in [4.78, 5) is 30.6. The summed E-state index contributed by atoms with van der Waals surface area (Å²) in [7, 11) is 2.06. The van der Waals surface area contributed by atoms with Crippen molar-refractivity contribution in [2.75, 3.05) is 23.8 Å². The van der Waals surface area contributed by atoms with Crippen molar-refractivity contribution in [1.82, 2.24) is 4.98 Å². The van der Waals surface area contributed by atoms with Crippen LogP contribution >= 0.6 is 0 Å². The zero-order chi connectivity index (χ0) is 19.2. The van der Waals surface area contributed by atoms with Gasteiger partial charge in [0.25, 0.3) is 5.91 Å². The fraction of sp³-hybridized carbons (Fsp3) is 0.273. The third kappa shape index (κ3) is 2.99. The monoisotopic (exact) mass is 361 g/mol. The van der Waals surface area contributed by atoms with Gasteiger partial charge in [-0.15, -0.1) is 0 Å². The Morgan fingerprint density at radius 1 is 1.19 bits per heavy atom. The fourth-order valence-electron chi connectivity index (χ4n) is 3.73. The Morgan fingerprint density at radius 2 is 1.96 bits per heavy atom. The Hall–Kier alpha value is -3.08. The molecule has 1 amide bonds. The molecule has 27 heavy (non-hydrogen) atoms. The average Bonchev–Trinajstić information content (AvgIpc) is 2.65. The molecule has 0 atom stereocenters. The van der Waals surface area contributed by atoms with Crippen LogP contribution < -0.4 is 15.6 Å². The lowest BCUT2D eigenvalue weighted by molar-refractivity contribution is 0.102. The first-order valence-corrected chi connectivity index (χ1v) is 9.14. The second kappa shape index (κ2) is 6.27. The van der Waals surface area contributed by atoms with E-state index in [0.717, 1.165) is 24.2 Å². The number of aromatic nitrogens is 1. The van der Waals surface area contributed by atoms with Crippen LogP contribution in [0.25, 0.3) is 10.9 Å². The zero-order valence-corrected chi connectivity index (χ0v) is 15.8. The van der Waals surface area contributed by atoms with E-state index in [1.807, 2.05) is 24.3 Å². The van der Waals surface area contributed by atoms with E-state index in [-0.39, 0.29) is 16.4 Å². The van der Waals surface area contributed by atoms with E-state index in [1.54, 1.807) is 12.1 Å². The van der Waals surface area contributed by atoms with Gasteiger partial charge in [0.15, 0.2) is 0 Å². The zero-order valence-electron chi connectivity index (χ0n) is 15.8. The second-order valence-electron chi connectivity index (χ2n) is 7.82. The third-order valence-electron chi connectivity index (χ3n) is 5.50. The number of aromatic amines is 1. The summed E-state index contributed by atoms with van der Waals surface area (Å²) in [5.74, 6) is -0.403. The number of carbonyl (C=O) groups is 1. The van der Waals surface area contributed by atoms with E-state index in [2.05, 4.69) is 42.2 Å². The topological polar surface area (TPSA) is 65.2 Å². The van der Waals surface area contributed by atoms with Gasteiger partial charge in [0.1, 0.15) is 5.56 Å². The second-order valence-corrected chi connectivity index (χ2v) is 7.82. The van der Waals surface area contributed by atoms with Gasteiger partial charge < -0.3 is 15.2 Å². The van der Waals surface area contributed by atoms with Gasteiger partial charge in [0, 0.05) is 42.1 Å². The molecule has 5 nitrogen and oxygen atoms in total. The van der Waals surface area contributed by atoms with Crippen molar-refractivity contribution in [3.05, 3.63) is 70.0 Å². The van der Waals surface area contributed by atoms with Crippen LogP contribution in [-0.4, -0.2) is 24.5 Å². The van der Waals surface area contributed by atoms with E-state index >= 15 is 0 Å². The molecular formula is C22H23N3O2. The molecule has 0 saturated carbocycles. The molecular weight excluding hydrogens is 338 g/mol. The van der Waals surface area contributed by atoms with Crippen LogP contribution in [0.1, 0.15) is 36.2 Å². The number of anilines is 2. The maximum absolute atomic E-state index is 12.7. The minimum Gasteiger partial charge on any atom is -0.374 e. The van der Waals surface area contributed by atoms with Crippen molar-refractivity contribution >= 4 is 28.2 Å². The van der Waals surface area contributed by atoms with Crippen LogP contribution in [0.3, 0.4) is 0 Å². The highest BCUT2D eigenvalue weighted by molar-refractivity contribution is 6.05. The van der Waals surface area contributed by atoms with Gasteiger partial charge >= 0.3 is 0 Å². The molecule has 0 bridgehead atoms. The summed E-state index contributed by atoms with van der Waals surface area (Å²) >= 11 is 0. The number of hydrogen-bond donors (Lipinski definition) is 2. The van der Waals surface area contributed by atoms with Gasteiger partial charge in [-0.2, -0.15) is 0 Å². The van der Waals surface area contributed by atoms with Crippen molar-refractivity contribution < 1.29 is 4.79 Å². The molecule has 2 N–H and O–H groups in total. The smallest absolute Gasteiger partial charge is 0.261 e. The minimum absolute atomic E-state index is 0.111. The van der Waals surface area contributed by atoms with Gasteiger partial charge in [0.05, 0.1) is 0 Å². The van der Waals surface area contributed by atoms with Crippen LogP contribution in [0.5, 0.6) is 0 Å². The van der Waals surface area contributed by atoms with Crippen molar-refractivity contribution in [2.24, 2.45) is 0 Å². The number of pyridine rings is 1. The first-order valence-electron chi connectivity index (χ1n) is 9.14. The van der Waals surface area contributed by atoms with E-state index in [0.29, 0.717) is 11.1 Å². The molecule has 1 aliphatic rings. The van der Waals surface area contributed by atoms with Gasteiger partial charge in [-0.3, -0.25) is 9.59 Å².